The Bertz CT molecular complexity index is 478. The SMILES string of the molecule is N#CCCN(C(=O)c1ccncc1NN)C1CC1. The molecule has 0 saturated heterocycles. The van der Waals surface area contributed by atoms with Crippen molar-refractivity contribution in [2.75, 3.05) is 12.0 Å². The van der Waals surface area contributed by atoms with Gasteiger partial charge in [0.05, 0.1) is 29.9 Å². The first-order valence-electron chi connectivity index (χ1n) is 5.86. The number of nitrogens with one attached hydrogen (secondary N) is 1. The molecule has 0 radical (unpaired) electrons. The van der Waals surface area contributed by atoms with Gasteiger partial charge in [0.1, 0.15) is 0 Å². The van der Waals surface area contributed by atoms with Crippen LogP contribution in [-0.2, 0) is 0 Å². The summed E-state index contributed by atoms with van der Waals surface area (Å²) >= 11 is 0. The van der Waals surface area contributed by atoms with Crippen LogP contribution in [0.5, 0.6) is 0 Å². The van der Waals surface area contributed by atoms with Gasteiger partial charge >= 0.3 is 0 Å². The van der Waals surface area contributed by atoms with Crippen LogP contribution >= 0.6 is 0 Å². The Morgan fingerprint density at radius 2 is 2.44 bits per heavy atom. The van der Waals surface area contributed by atoms with Crippen molar-refractivity contribution in [3.8, 4) is 6.07 Å². The molecule has 2 rings (SSSR count). The first-order chi connectivity index (χ1) is 8.77. The number of pyridine rings is 1. The Morgan fingerprint density at radius 3 is 3.06 bits per heavy atom. The number of nitrogens with zero attached hydrogens (tertiary/aromatic N) is 3. The molecule has 1 aliphatic rings. The summed E-state index contributed by atoms with van der Waals surface area (Å²) in [6, 6.07) is 3.98. The van der Waals surface area contributed by atoms with E-state index in [0.29, 0.717) is 24.2 Å². The highest BCUT2D eigenvalue weighted by Crippen LogP contribution is 2.29. The van der Waals surface area contributed by atoms with Crippen LogP contribution in [0.2, 0.25) is 0 Å². The first kappa shape index (κ1) is 12.3. The predicted octanol–water partition coefficient (Wildman–Crippen LogP) is 0.885. The molecule has 0 aromatic carbocycles. The van der Waals surface area contributed by atoms with Gasteiger partial charge in [0, 0.05) is 18.8 Å². The zero-order valence-electron chi connectivity index (χ0n) is 9.97. The Labute approximate surface area is 105 Å². The van der Waals surface area contributed by atoms with Crippen LogP contribution in [0.3, 0.4) is 0 Å². The summed E-state index contributed by atoms with van der Waals surface area (Å²) in [6.07, 6.45) is 5.44. The van der Waals surface area contributed by atoms with Crippen LogP contribution in [0.4, 0.5) is 5.69 Å². The van der Waals surface area contributed by atoms with Crippen LogP contribution in [-0.4, -0.2) is 28.4 Å². The fourth-order valence-electron chi connectivity index (χ4n) is 1.86. The second kappa shape index (κ2) is 5.47. The molecule has 1 fully saturated rings. The number of nitrogens with two attached hydrogens (primary N) is 1. The molecule has 0 aliphatic heterocycles. The maximum atomic E-state index is 12.4. The molecule has 6 nitrogen and oxygen atoms in total. The maximum absolute atomic E-state index is 12.4. The lowest BCUT2D eigenvalue weighted by Gasteiger charge is -2.22. The third-order valence-electron chi connectivity index (χ3n) is 2.92. The number of carbonyl (C=O) groups excluding carboxylic acids is 1. The zero-order chi connectivity index (χ0) is 13.0. The van der Waals surface area contributed by atoms with Crippen LogP contribution in [0.25, 0.3) is 0 Å². The van der Waals surface area contributed by atoms with E-state index in [2.05, 4.69) is 16.5 Å². The molecule has 1 aliphatic carbocycles. The van der Waals surface area contributed by atoms with Gasteiger partial charge in [-0.15, -0.1) is 0 Å². The molecule has 0 atom stereocenters. The van der Waals surface area contributed by atoms with Gasteiger partial charge in [-0.1, -0.05) is 0 Å². The molecule has 18 heavy (non-hydrogen) atoms. The number of hydrogen-bond donors (Lipinski definition) is 2. The molecule has 1 heterocycles. The highest BCUT2D eigenvalue weighted by molar-refractivity contribution is 5.99. The fourth-order valence-corrected chi connectivity index (χ4v) is 1.86. The number of anilines is 1. The highest BCUT2D eigenvalue weighted by atomic mass is 16.2. The number of nitriles is 1. The third-order valence-corrected chi connectivity index (χ3v) is 2.92. The van der Waals surface area contributed by atoms with Crippen molar-refractivity contribution >= 4 is 11.6 Å². The third kappa shape index (κ3) is 2.57. The first-order valence-corrected chi connectivity index (χ1v) is 5.86. The Morgan fingerprint density at radius 1 is 1.67 bits per heavy atom. The van der Waals surface area contributed by atoms with Crippen LogP contribution in [0, 0.1) is 11.3 Å². The van der Waals surface area contributed by atoms with Crippen molar-refractivity contribution in [1.82, 2.24) is 9.88 Å². The van der Waals surface area contributed by atoms with E-state index in [1.54, 1.807) is 17.2 Å². The number of hydrogen-bond acceptors (Lipinski definition) is 5. The molecule has 0 unspecified atom stereocenters. The maximum Gasteiger partial charge on any atom is 0.256 e. The summed E-state index contributed by atoms with van der Waals surface area (Å²) in [6.45, 7) is 0.465. The van der Waals surface area contributed by atoms with E-state index >= 15 is 0 Å². The van der Waals surface area contributed by atoms with Gasteiger partial charge in [0.25, 0.3) is 5.91 Å². The van der Waals surface area contributed by atoms with Gasteiger partial charge in [-0.3, -0.25) is 15.6 Å². The molecule has 0 bridgehead atoms. The lowest BCUT2D eigenvalue weighted by Crippen LogP contribution is -2.34. The zero-order valence-corrected chi connectivity index (χ0v) is 9.97. The Balaban J connectivity index is 2.19. The van der Waals surface area contributed by atoms with Crippen molar-refractivity contribution < 1.29 is 4.79 Å². The van der Waals surface area contributed by atoms with E-state index in [0.717, 1.165) is 12.8 Å². The number of nitrogen functional groups attached to an aromatic ring is 1. The summed E-state index contributed by atoms with van der Waals surface area (Å²) in [5, 5.41) is 8.64. The molecular weight excluding hydrogens is 230 g/mol. The number of amides is 1. The minimum atomic E-state index is -0.0944. The van der Waals surface area contributed by atoms with Crippen molar-refractivity contribution in [3.63, 3.8) is 0 Å². The smallest absolute Gasteiger partial charge is 0.256 e. The van der Waals surface area contributed by atoms with E-state index < -0.39 is 0 Å². The van der Waals surface area contributed by atoms with E-state index in [4.69, 9.17) is 11.1 Å². The lowest BCUT2D eigenvalue weighted by molar-refractivity contribution is 0.0747. The number of carbonyl (C=O) groups is 1. The molecule has 1 aromatic heterocycles. The predicted molar refractivity (Wildman–Crippen MR) is 66.3 cm³/mol. The van der Waals surface area contributed by atoms with Crippen molar-refractivity contribution in [2.45, 2.75) is 25.3 Å². The summed E-state index contributed by atoms with van der Waals surface area (Å²) in [7, 11) is 0. The minimum Gasteiger partial charge on any atom is -0.335 e. The van der Waals surface area contributed by atoms with Gasteiger partial charge in [0.15, 0.2) is 0 Å². The molecule has 1 amide bonds. The number of aromatic nitrogens is 1. The van der Waals surface area contributed by atoms with Crippen LogP contribution in [0.1, 0.15) is 29.6 Å². The summed E-state index contributed by atoms with van der Waals surface area (Å²) < 4.78 is 0. The second-order valence-corrected chi connectivity index (χ2v) is 4.20. The van der Waals surface area contributed by atoms with Gasteiger partial charge < -0.3 is 10.3 Å². The molecule has 94 valence electrons. The van der Waals surface area contributed by atoms with Crippen LogP contribution in [0.15, 0.2) is 18.5 Å². The summed E-state index contributed by atoms with van der Waals surface area (Å²) in [5.41, 5.74) is 3.47. The normalized spacial score (nSPS) is 13.8. The standard InChI is InChI=1S/C12H15N5O/c13-5-1-7-17(9-2-3-9)12(18)10-4-6-15-8-11(10)16-14/h4,6,8-9,16H,1-3,7,14H2. The van der Waals surface area contributed by atoms with Crippen molar-refractivity contribution in [3.05, 3.63) is 24.0 Å². The monoisotopic (exact) mass is 245 g/mol. The molecule has 1 saturated carbocycles. The van der Waals surface area contributed by atoms with E-state index in [1.807, 2.05) is 0 Å². The van der Waals surface area contributed by atoms with Crippen LogP contribution < -0.4 is 11.3 Å². The van der Waals surface area contributed by atoms with Crippen molar-refractivity contribution in [2.24, 2.45) is 5.84 Å². The number of rotatable bonds is 5. The average Bonchev–Trinajstić information content (AvgIpc) is 3.23. The highest BCUT2D eigenvalue weighted by Gasteiger charge is 2.33. The van der Waals surface area contributed by atoms with Gasteiger partial charge in [0.2, 0.25) is 0 Å². The minimum absolute atomic E-state index is 0.0944. The quantitative estimate of drug-likeness (QED) is 0.593. The molecule has 6 heteroatoms. The topological polar surface area (TPSA) is 95.0 Å². The Hall–Kier alpha value is -2.13. The molecule has 3 N–H and O–H groups in total. The largest absolute Gasteiger partial charge is 0.335 e. The van der Waals surface area contributed by atoms with Gasteiger partial charge in [-0.25, -0.2) is 0 Å². The lowest BCUT2D eigenvalue weighted by atomic mass is 10.2. The van der Waals surface area contributed by atoms with Gasteiger partial charge in [-0.2, -0.15) is 5.26 Å². The second-order valence-electron chi connectivity index (χ2n) is 4.20. The van der Waals surface area contributed by atoms with Crippen molar-refractivity contribution in [1.29, 1.82) is 5.26 Å². The fraction of sp³-hybridized carbons (Fsp3) is 0.417. The number of hydrazine groups is 1. The van der Waals surface area contributed by atoms with Gasteiger partial charge in [-0.05, 0) is 18.9 Å². The van der Waals surface area contributed by atoms with E-state index in [-0.39, 0.29) is 11.9 Å². The molecule has 1 aromatic rings. The summed E-state index contributed by atoms with van der Waals surface area (Å²) in [4.78, 5) is 18.1. The summed E-state index contributed by atoms with van der Waals surface area (Å²) in [5.74, 6) is 5.27. The molecular formula is C12H15N5O. The Kier molecular flexibility index (Phi) is 3.75. The average molecular weight is 245 g/mol. The van der Waals surface area contributed by atoms with E-state index in [1.165, 1.54) is 6.20 Å². The molecule has 0 spiro atoms. The van der Waals surface area contributed by atoms with E-state index in [9.17, 15) is 4.79 Å².